The minimum Gasteiger partial charge on any atom is -0.467 e. The van der Waals surface area contributed by atoms with Crippen molar-refractivity contribution in [3.63, 3.8) is 0 Å². The molecule has 0 spiro atoms. The molecule has 2 aromatic rings. The van der Waals surface area contributed by atoms with Gasteiger partial charge >= 0.3 is 5.97 Å². The average Bonchev–Trinajstić information content (AvgIpc) is 2.70. The zero-order valence-electron chi connectivity index (χ0n) is 16.4. The topological polar surface area (TPSA) is 90.9 Å². The standard InChI is InChI=1S/C20H21ClFNO6S/c1-12(2)18(23-30(25,26)17-6-4-3-5-16(17)22)20(24)28-10-14-8-15(21)7-13-9-27-11-29-19(13)14/h3-8,12,18,23H,9-11H2,1-2H3. The van der Waals surface area contributed by atoms with Crippen LogP contribution >= 0.6 is 11.6 Å². The number of ether oxygens (including phenoxy) is 3. The van der Waals surface area contributed by atoms with E-state index in [1.807, 2.05) is 0 Å². The van der Waals surface area contributed by atoms with E-state index in [0.717, 1.165) is 17.7 Å². The van der Waals surface area contributed by atoms with Gasteiger partial charge in [-0.25, -0.2) is 12.8 Å². The highest BCUT2D eigenvalue weighted by Crippen LogP contribution is 2.32. The molecular weight excluding hydrogens is 437 g/mol. The molecule has 0 amide bonds. The molecule has 0 aliphatic carbocycles. The van der Waals surface area contributed by atoms with Crippen molar-refractivity contribution in [2.45, 2.75) is 38.0 Å². The van der Waals surface area contributed by atoms with E-state index < -0.39 is 38.7 Å². The summed E-state index contributed by atoms with van der Waals surface area (Å²) in [5.74, 6) is -1.64. The number of benzene rings is 2. The Balaban J connectivity index is 1.76. The molecule has 0 radical (unpaired) electrons. The number of carbonyl (C=O) groups is 1. The molecule has 1 atom stereocenters. The summed E-state index contributed by atoms with van der Waals surface area (Å²) in [5, 5.41) is 0.426. The largest absolute Gasteiger partial charge is 0.467 e. The van der Waals surface area contributed by atoms with Crippen molar-refractivity contribution in [2.24, 2.45) is 5.92 Å². The lowest BCUT2D eigenvalue weighted by Gasteiger charge is -2.23. The van der Waals surface area contributed by atoms with Crippen LogP contribution in [-0.4, -0.2) is 27.2 Å². The van der Waals surface area contributed by atoms with Crippen molar-refractivity contribution in [3.8, 4) is 5.75 Å². The summed E-state index contributed by atoms with van der Waals surface area (Å²) in [4.78, 5) is 12.1. The molecule has 1 aliphatic rings. The molecule has 30 heavy (non-hydrogen) atoms. The number of hydrogen-bond donors (Lipinski definition) is 1. The molecule has 0 bridgehead atoms. The molecule has 0 saturated carbocycles. The average molecular weight is 458 g/mol. The third-order valence-electron chi connectivity index (χ3n) is 4.45. The van der Waals surface area contributed by atoms with Gasteiger partial charge in [-0.3, -0.25) is 4.79 Å². The second-order valence-electron chi connectivity index (χ2n) is 7.04. The van der Waals surface area contributed by atoms with Gasteiger partial charge in [0.2, 0.25) is 10.0 Å². The molecule has 1 N–H and O–H groups in total. The van der Waals surface area contributed by atoms with Crippen molar-refractivity contribution in [1.29, 1.82) is 0 Å². The summed E-state index contributed by atoms with van der Waals surface area (Å²) in [6.07, 6.45) is 0. The van der Waals surface area contributed by atoms with E-state index in [-0.39, 0.29) is 13.4 Å². The summed E-state index contributed by atoms with van der Waals surface area (Å²) in [6.45, 7) is 3.50. The molecule has 2 aromatic carbocycles. The van der Waals surface area contributed by atoms with Crippen LogP contribution in [0.4, 0.5) is 4.39 Å². The van der Waals surface area contributed by atoms with Crippen molar-refractivity contribution in [2.75, 3.05) is 6.79 Å². The van der Waals surface area contributed by atoms with E-state index in [1.54, 1.807) is 26.0 Å². The van der Waals surface area contributed by atoms with Gasteiger partial charge in [0.15, 0.2) is 6.79 Å². The van der Waals surface area contributed by atoms with E-state index in [4.69, 9.17) is 25.8 Å². The maximum atomic E-state index is 13.9. The molecule has 1 heterocycles. The van der Waals surface area contributed by atoms with Gasteiger partial charge in [-0.2, -0.15) is 4.72 Å². The first-order chi connectivity index (χ1) is 14.2. The van der Waals surface area contributed by atoms with Crippen LogP contribution in [0.15, 0.2) is 41.3 Å². The van der Waals surface area contributed by atoms with Crippen molar-refractivity contribution in [3.05, 3.63) is 58.4 Å². The number of hydrogen-bond acceptors (Lipinski definition) is 6. The van der Waals surface area contributed by atoms with E-state index in [1.165, 1.54) is 12.1 Å². The number of carbonyl (C=O) groups excluding carboxylic acids is 1. The number of rotatable bonds is 7. The van der Waals surface area contributed by atoms with Gasteiger partial charge < -0.3 is 14.2 Å². The number of sulfonamides is 1. The highest BCUT2D eigenvalue weighted by atomic mass is 35.5. The molecule has 162 valence electrons. The fourth-order valence-corrected chi connectivity index (χ4v) is 4.63. The Morgan fingerprint density at radius 2 is 2.03 bits per heavy atom. The summed E-state index contributed by atoms with van der Waals surface area (Å²) in [5.41, 5.74) is 1.26. The normalized spacial score (nSPS) is 14.7. The minimum absolute atomic E-state index is 0.0621. The molecule has 0 saturated heterocycles. The Morgan fingerprint density at radius 1 is 1.30 bits per heavy atom. The van der Waals surface area contributed by atoms with Crippen molar-refractivity contribution >= 4 is 27.6 Å². The fourth-order valence-electron chi connectivity index (χ4n) is 2.95. The first kappa shape index (κ1) is 22.5. The van der Waals surface area contributed by atoms with Gasteiger partial charge in [0.05, 0.1) is 6.61 Å². The van der Waals surface area contributed by atoms with Gasteiger partial charge in [-0.05, 0) is 30.2 Å². The lowest BCUT2D eigenvalue weighted by molar-refractivity contribution is -0.148. The lowest BCUT2D eigenvalue weighted by atomic mass is 10.1. The lowest BCUT2D eigenvalue weighted by Crippen LogP contribution is -2.45. The maximum Gasteiger partial charge on any atom is 0.324 e. The molecule has 10 heteroatoms. The third-order valence-corrected chi connectivity index (χ3v) is 6.14. The Morgan fingerprint density at radius 3 is 2.73 bits per heavy atom. The quantitative estimate of drug-likeness (QED) is 0.641. The van der Waals surface area contributed by atoms with Crippen molar-refractivity contribution < 1.29 is 31.8 Å². The predicted molar refractivity (Wildman–Crippen MR) is 107 cm³/mol. The molecule has 7 nitrogen and oxygen atoms in total. The number of esters is 1. The Labute approximate surface area is 179 Å². The Hall–Kier alpha value is -2.20. The van der Waals surface area contributed by atoms with Crippen molar-refractivity contribution in [1.82, 2.24) is 4.72 Å². The van der Waals surface area contributed by atoms with E-state index in [9.17, 15) is 17.6 Å². The van der Waals surface area contributed by atoms with Crippen LogP contribution in [0.2, 0.25) is 5.02 Å². The van der Waals surface area contributed by atoms with E-state index in [0.29, 0.717) is 22.9 Å². The monoisotopic (exact) mass is 457 g/mol. The third kappa shape index (κ3) is 5.10. The first-order valence-corrected chi connectivity index (χ1v) is 11.0. The van der Waals surface area contributed by atoms with Crippen LogP contribution in [0, 0.1) is 11.7 Å². The van der Waals surface area contributed by atoms with Gasteiger partial charge in [-0.1, -0.05) is 37.6 Å². The SMILES string of the molecule is CC(C)C(NS(=O)(=O)c1ccccc1F)C(=O)OCc1cc(Cl)cc2c1OCOC2. The molecule has 1 unspecified atom stereocenters. The second-order valence-corrected chi connectivity index (χ2v) is 9.16. The van der Waals surface area contributed by atoms with Crippen LogP contribution in [0.5, 0.6) is 5.75 Å². The molecule has 0 fully saturated rings. The predicted octanol–water partition coefficient (Wildman–Crippen LogP) is 3.39. The van der Waals surface area contributed by atoms with Gasteiger partial charge in [-0.15, -0.1) is 0 Å². The summed E-state index contributed by atoms with van der Waals surface area (Å²) < 4.78 is 57.4. The zero-order chi connectivity index (χ0) is 21.9. The molecule has 1 aliphatic heterocycles. The van der Waals surface area contributed by atoms with Gasteiger partial charge in [0, 0.05) is 16.1 Å². The molecule has 3 rings (SSSR count). The number of halogens is 2. The highest BCUT2D eigenvalue weighted by Gasteiger charge is 2.31. The number of fused-ring (bicyclic) bond motifs is 1. The molecule has 0 aromatic heterocycles. The van der Waals surface area contributed by atoms with Crippen LogP contribution in [0.3, 0.4) is 0 Å². The molecular formula is C20H21ClFNO6S. The van der Waals surface area contributed by atoms with Gasteiger partial charge in [0.1, 0.15) is 29.1 Å². The highest BCUT2D eigenvalue weighted by molar-refractivity contribution is 7.89. The smallest absolute Gasteiger partial charge is 0.324 e. The summed E-state index contributed by atoms with van der Waals surface area (Å²) in [6, 6.07) is 7.01. The Bertz CT molecular complexity index is 1040. The minimum atomic E-state index is -4.27. The van der Waals surface area contributed by atoms with Crippen LogP contribution < -0.4 is 9.46 Å². The fraction of sp³-hybridized carbons (Fsp3) is 0.350. The summed E-state index contributed by atoms with van der Waals surface area (Å²) >= 11 is 6.10. The number of nitrogens with one attached hydrogen (secondary N) is 1. The van der Waals surface area contributed by atoms with Crippen LogP contribution in [0.1, 0.15) is 25.0 Å². The van der Waals surface area contributed by atoms with Gasteiger partial charge in [0.25, 0.3) is 0 Å². The first-order valence-electron chi connectivity index (χ1n) is 9.14. The summed E-state index contributed by atoms with van der Waals surface area (Å²) in [7, 11) is -4.27. The maximum absolute atomic E-state index is 13.9. The second kappa shape index (κ2) is 9.30. The van der Waals surface area contributed by atoms with E-state index in [2.05, 4.69) is 4.72 Å². The van der Waals surface area contributed by atoms with E-state index >= 15 is 0 Å². The van der Waals surface area contributed by atoms with Crippen LogP contribution in [-0.2, 0) is 37.5 Å². The van der Waals surface area contributed by atoms with Crippen LogP contribution in [0.25, 0.3) is 0 Å². The zero-order valence-corrected chi connectivity index (χ0v) is 17.9. The Kier molecular flexibility index (Phi) is 6.97.